The summed E-state index contributed by atoms with van der Waals surface area (Å²) >= 11 is 6.54. The molecule has 2 aromatic rings. The van der Waals surface area contributed by atoms with Gasteiger partial charge in [0.2, 0.25) is 0 Å². The van der Waals surface area contributed by atoms with Crippen molar-refractivity contribution >= 4 is 35.0 Å². The smallest absolute Gasteiger partial charge is 0.266 e. The van der Waals surface area contributed by atoms with Gasteiger partial charge in [-0.1, -0.05) is 36.2 Å². The van der Waals surface area contributed by atoms with Gasteiger partial charge >= 0.3 is 0 Å². The Kier molecular flexibility index (Phi) is 5.73. The predicted molar refractivity (Wildman–Crippen MR) is 120 cm³/mol. The minimum absolute atomic E-state index is 0.0181. The topological polar surface area (TPSA) is 56.1 Å². The first-order chi connectivity index (χ1) is 13.6. The molecule has 0 aliphatic carbocycles. The normalized spacial score (nSPS) is 18.0. The van der Waals surface area contributed by atoms with Gasteiger partial charge in [0.15, 0.2) is 0 Å². The molecule has 1 aliphatic heterocycles. The SMILES string of the molecule is Cc1ccc(NC(=O)/C(C#N)=C\c2cc3c(cc2Cl)N(C)C(C)(C)CC3C)cc1. The van der Waals surface area contributed by atoms with E-state index in [9.17, 15) is 10.1 Å². The van der Waals surface area contributed by atoms with Gasteiger partial charge in [0.25, 0.3) is 5.91 Å². The van der Waals surface area contributed by atoms with Crippen molar-refractivity contribution in [2.45, 2.75) is 45.6 Å². The van der Waals surface area contributed by atoms with Gasteiger partial charge in [-0.25, -0.2) is 0 Å². The van der Waals surface area contributed by atoms with Gasteiger partial charge in [0, 0.05) is 29.0 Å². The van der Waals surface area contributed by atoms with Crippen LogP contribution in [0, 0.1) is 18.3 Å². The number of fused-ring (bicyclic) bond motifs is 1. The van der Waals surface area contributed by atoms with E-state index < -0.39 is 5.91 Å². The highest BCUT2D eigenvalue weighted by Crippen LogP contribution is 2.44. The van der Waals surface area contributed by atoms with Crippen molar-refractivity contribution in [3.63, 3.8) is 0 Å². The molecule has 1 aliphatic rings. The minimum atomic E-state index is -0.448. The summed E-state index contributed by atoms with van der Waals surface area (Å²) in [6, 6.07) is 13.4. The van der Waals surface area contributed by atoms with Crippen molar-refractivity contribution in [1.29, 1.82) is 5.26 Å². The number of aryl methyl sites for hydroxylation is 1. The number of rotatable bonds is 3. The first-order valence-corrected chi connectivity index (χ1v) is 10.1. The summed E-state index contributed by atoms with van der Waals surface area (Å²) in [4.78, 5) is 14.8. The maximum Gasteiger partial charge on any atom is 0.266 e. The molecule has 0 saturated heterocycles. The average Bonchev–Trinajstić information content (AvgIpc) is 2.66. The number of carbonyl (C=O) groups excluding carboxylic acids is 1. The fraction of sp³-hybridized carbons (Fsp3) is 0.333. The molecule has 0 radical (unpaired) electrons. The minimum Gasteiger partial charge on any atom is -0.369 e. The Labute approximate surface area is 177 Å². The monoisotopic (exact) mass is 407 g/mol. The van der Waals surface area contributed by atoms with Crippen LogP contribution in [0.3, 0.4) is 0 Å². The lowest BCUT2D eigenvalue weighted by atomic mass is 9.80. The Balaban J connectivity index is 1.94. The molecule has 3 rings (SSSR count). The third-order valence-electron chi connectivity index (χ3n) is 5.73. The first-order valence-electron chi connectivity index (χ1n) is 9.69. The summed E-state index contributed by atoms with van der Waals surface area (Å²) in [6.07, 6.45) is 2.58. The average molecular weight is 408 g/mol. The maximum atomic E-state index is 12.6. The van der Waals surface area contributed by atoms with Crippen LogP contribution in [0.15, 0.2) is 42.0 Å². The van der Waals surface area contributed by atoms with Crippen LogP contribution in [-0.2, 0) is 4.79 Å². The van der Waals surface area contributed by atoms with E-state index in [-0.39, 0.29) is 11.1 Å². The number of nitrogens with zero attached hydrogens (tertiary/aromatic N) is 2. The number of hydrogen-bond acceptors (Lipinski definition) is 3. The molecule has 0 saturated carbocycles. The molecular formula is C24H26ClN3O. The van der Waals surface area contributed by atoms with Crippen LogP contribution in [0.2, 0.25) is 5.02 Å². The summed E-state index contributed by atoms with van der Waals surface area (Å²) in [7, 11) is 2.08. The molecule has 4 nitrogen and oxygen atoms in total. The fourth-order valence-electron chi connectivity index (χ4n) is 3.85. The van der Waals surface area contributed by atoms with E-state index in [0.717, 1.165) is 17.7 Å². The molecule has 0 aromatic heterocycles. The van der Waals surface area contributed by atoms with Gasteiger partial charge in [-0.15, -0.1) is 0 Å². The largest absolute Gasteiger partial charge is 0.369 e. The summed E-state index contributed by atoms with van der Waals surface area (Å²) in [5, 5.41) is 12.8. The molecule has 1 N–H and O–H groups in total. The highest BCUT2D eigenvalue weighted by molar-refractivity contribution is 6.32. The Morgan fingerprint density at radius 1 is 1.31 bits per heavy atom. The van der Waals surface area contributed by atoms with Crippen molar-refractivity contribution in [2.75, 3.05) is 17.3 Å². The number of benzene rings is 2. The lowest BCUT2D eigenvalue weighted by Gasteiger charge is -2.45. The molecule has 1 amide bonds. The van der Waals surface area contributed by atoms with E-state index in [0.29, 0.717) is 22.2 Å². The van der Waals surface area contributed by atoms with E-state index in [1.807, 2.05) is 49.4 Å². The molecule has 1 unspecified atom stereocenters. The van der Waals surface area contributed by atoms with Crippen molar-refractivity contribution in [1.82, 2.24) is 0 Å². The highest BCUT2D eigenvalue weighted by atomic mass is 35.5. The Bertz CT molecular complexity index is 1020. The van der Waals surface area contributed by atoms with Gasteiger partial charge < -0.3 is 10.2 Å². The zero-order valence-corrected chi connectivity index (χ0v) is 18.3. The molecule has 5 heteroatoms. The zero-order chi connectivity index (χ0) is 21.3. The molecule has 0 fully saturated rings. The Hall–Kier alpha value is -2.77. The number of hydrogen-bond donors (Lipinski definition) is 1. The number of halogens is 1. The number of carbonyl (C=O) groups is 1. The van der Waals surface area contributed by atoms with Gasteiger partial charge in [-0.2, -0.15) is 5.26 Å². The Morgan fingerprint density at radius 2 is 1.97 bits per heavy atom. The van der Waals surface area contributed by atoms with Crippen molar-refractivity contribution < 1.29 is 4.79 Å². The summed E-state index contributed by atoms with van der Waals surface area (Å²) in [5.74, 6) is -0.0935. The molecule has 2 aromatic carbocycles. The Morgan fingerprint density at radius 3 is 2.59 bits per heavy atom. The second-order valence-corrected chi connectivity index (χ2v) is 8.81. The van der Waals surface area contributed by atoms with Gasteiger partial charge in [-0.05, 0) is 74.6 Å². The molecule has 1 atom stereocenters. The third-order valence-corrected chi connectivity index (χ3v) is 6.05. The van der Waals surface area contributed by atoms with E-state index in [1.54, 1.807) is 6.08 Å². The van der Waals surface area contributed by atoms with Crippen LogP contribution in [0.25, 0.3) is 6.08 Å². The molecule has 0 bridgehead atoms. The van der Waals surface area contributed by atoms with Crippen LogP contribution < -0.4 is 10.2 Å². The van der Waals surface area contributed by atoms with Crippen LogP contribution >= 0.6 is 11.6 Å². The summed E-state index contributed by atoms with van der Waals surface area (Å²) in [5.41, 5.74) is 4.76. The molecule has 150 valence electrons. The van der Waals surface area contributed by atoms with E-state index >= 15 is 0 Å². The lowest BCUT2D eigenvalue weighted by Crippen LogP contribution is -2.45. The second kappa shape index (κ2) is 7.93. The quantitative estimate of drug-likeness (QED) is 0.507. The van der Waals surface area contributed by atoms with Crippen LogP contribution in [0.5, 0.6) is 0 Å². The number of anilines is 2. The zero-order valence-electron chi connectivity index (χ0n) is 17.5. The van der Waals surface area contributed by atoms with Gasteiger partial charge in [-0.3, -0.25) is 4.79 Å². The van der Waals surface area contributed by atoms with E-state index in [2.05, 4.69) is 38.0 Å². The predicted octanol–water partition coefficient (Wildman–Crippen LogP) is 5.92. The number of nitriles is 1. The molecular weight excluding hydrogens is 382 g/mol. The molecule has 0 spiro atoms. The summed E-state index contributed by atoms with van der Waals surface area (Å²) in [6.45, 7) is 8.61. The van der Waals surface area contributed by atoms with Crippen molar-refractivity contribution in [2.24, 2.45) is 0 Å². The molecule has 29 heavy (non-hydrogen) atoms. The van der Waals surface area contributed by atoms with Crippen LogP contribution in [-0.4, -0.2) is 18.5 Å². The lowest BCUT2D eigenvalue weighted by molar-refractivity contribution is -0.112. The second-order valence-electron chi connectivity index (χ2n) is 8.40. The summed E-state index contributed by atoms with van der Waals surface area (Å²) < 4.78 is 0. The standard InChI is InChI=1S/C24H26ClN3O/c1-15-6-8-19(9-7-15)27-23(29)18(14-26)10-17-11-20-16(2)13-24(3,4)28(5)22(20)12-21(17)25/h6-12,16H,13H2,1-5H3,(H,27,29)/b18-10-. The first kappa shape index (κ1) is 21.0. The molecule has 1 heterocycles. The number of nitrogens with one attached hydrogen (secondary N) is 1. The van der Waals surface area contributed by atoms with Crippen molar-refractivity contribution in [3.8, 4) is 6.07 Å². The van der Waals surface area contributed by atoms with Gasteiger partial charge in [0.1, 0.15) is 11.6 Å². The fourth-order valence-corrected chi connectivity index (χ4v) is 4.07. The maximum absolute atomic E-state index is 12.6. The van der Waals surface area contributed by atoms with Gasteiger partial charge in [0.05, 0.1) is 0 Å². The third kappa shape index (κ3) is 4.31. The highest BCUT2D eigenvalue weighted by Gasteiger charge is 2.34. The van der Waals surface area contributed by atoms with E-state index in [1.165, 1.54) is 5.56 Å². The number of amides is 1. The van der Waals surface area contributed by atoms with Crippen molar-refractivity contribution in [3.05, 3.63) is 63.7 Å². The van der Waals surface area contributed by atoms with Crippen LogP contribution in [0.1, 0.15) is 49.8 Å². The van der Waals surface area contributed by atoms with E-state index in [4.69, 9.17) is 11.6 Å². The van der Waals surface area contributed by atoms with Crippen LogP contribution in [0.4, 0.5) is 11.4 Å².